The van der Waals surface area contributed by atoms with Crippen molar-refractivity contribution in [3.8, 4) is 28.5 Å². The molecule has 0 atom stereocenters. The highest BCUT2D eigenvalue weighted by atomic mass is 32.1. The summed E-state index contributed by atoms with van der Waals surface area (Å²) in [4.78, 5) is 21.3. The minimum absolute atomic E-state index is 0.120. The second kappa shape index (κ2) is 9.37. The fraction of sp³-hybridized carbons (Fsp3) is 0.174. The van der Waals surface area contributed by atoms with E-state index < -0.39 is 0 Å². The summed E-state index contributed by atoms with van der Waals surface area (Å²) < 4.78 is 11.1. The van der Waals surface area contributed by atoms with E-state index in [2.05, 4.69) is 22.2 Å². The topological polar surface area (TPSA) is 77.2 Å². The van der Waals surface area contributed by atoms with Gasteiger partial charge in [-0.05, 0) is 42.8 Å². The van der Waals surface area contributed by atoms with E-state index in [9.17, 15) is 4.79 Å². The molecule has 0 fully saturated rings. The van der Waals surface area contributed by atoms with Crippen molar-refractivity contribution in [3.63, 3.8) is 0 Å². The Hall–Kier alpha value is -3.45. The highest BCUT2D eigenvalue weighted by molar-refractivity contribution is 7.14. The van der Waals surface area contributed by atoms with Gasteiger partial charge in [0.25, 0.3) is 0 Å². The quantitative estimate of drug-likeness (QED) is 0.412. The largest absolute Gasteiger partial charge is 0.494 e. The minimum Gasteiger partial charge on any atom is -0.494 e. The molecule has 0 saturated heterocycles. The third-order valence-corrected chi connectivity index (χ3v) is 5.05. The van der Waals surface area contributed by atoms with E-state index >= 15 is 0 Å². The van der Waals surface area contributed by atoms with Crippen LogP contribution in [0, 0.1) is 0 Å². The smallest absolute Gasteiger partial charge is 0.232 e. The van der Waals surface area contributed by atoms with E-state index in [-0.39, 0.29) is 12.3 Å². The summed E-state index contributed by atoms with van der Waals surface area (Å²) in [5, 5.41) is 5.30. The Morgan fingerprint density at radius 2 is 1.87 bits per heavy atom. The van der Waals surface area contributed by atoms with Gasteiger partial charge in [0, 0.05) is 16.5 Å². The van der Waals surface area contributed by atoms with E-state index in [4.69, 9.17) is 9.15 Å². The van der Waals surface area contributed by atoms with Gasteiger partial charge in [0.1, 0.15) is 12.0 Å². The van der Waals surface area contributed by atoms with Crippen LogP contribution in [-0.4, -0.2) is 22.5 Å². The Balaban J connectivity index is 1.36. The van der Waals surface area contributed by atoms with E-state index in [0.29, 0.717) is 23.3 Å². The summed E-state index contributed by atoms with van der Waals surface area (Å²) in [7, 11) is 0. The van der Waals surface area contributed by atoms with Crippen molar-refractivity contribution in [2.45, 2.75) is 19.8 Å². The van der Waals surface area contributed by atoms with Crippen molar-refractivity contribution in [1.82, 2.24) is 9.97 Å². The molecule has 4 aromatic rings. The SMILES string of the molecule is CCCOc1ccc(-c2csc(NC(=O)Cc3coc(-c4ccccc4)n3)n2)cc1. The zero-order chi connectivity index (χ0) is 20.8. The Labute approximate surface area is 178 Å². The van der Waals surface area contributed by atoms with Crippen molar-refractivity contribution in [2.24, 2.45) is 0 Å². The van der Waals surface area contributed by atoms with Crippen LogP contribution < -0.4 is 10.1 Å². The van der Waals surface area contributed by atoms with Gasteiger partial charge in [-0.2, -0.15) is 0 Å². The molecule has 0 aliphatic carbocycles. The number of hydrogen-bond acceptors (Lipinski definition) is 6. The molecule has 1 N–H and O–H groups in total. The molecule has 6 nitrogen and oxygen atoms in total. The number of nitrogens with zero attached hydrogens (tertiary/aromatic N) is 2. The van der Waals surface area contributed by atoms with Crippen LogP contribution in [0.4, 0.5) is 5.13 Å². The fourth-order valence-corrected chi connectivity index (χ4v) is 3.57. The summed E-state index contributed by atoms with van der Waals surface area (Å²) in [6, 6.07) is 17.4. The van der Waals surface area contributed by atoms with Gasteiger partial charge in [-0.3, -0.25) is 4.79 Å². The molecule has 0 unspecified atom stereocenters. The second-order valence-electron chi connectivity index (χ2n) is 6.65. The standard InChI is InChI=1S/C23H21N3O3S/c1-2-12-28-19-10-8-16(9-11-19)20-15-30-23(25-20)26-21(27)13-18-14-29-22(24-18)17-6-4-3-5-7-17/h3-11,14-15H,2,12-13H2,1H3,(H,25,26,27). The average molecular weight is 420 g/mol. The molecule has 0 radical (unpaired) electrons. The highest BCUT2D eigenvalue weighted by Gasteiger charge is 2.13. The lowest BCUT2D eigenvalue weighted by molar-refractivity contribution is -0.115. The molecule has 152 valence electrons. The molecule has 2 aromatic heterocycles. The predicted molar refractivity (Wildman–Crippen MR) is 118 cm³/mol. The summed E-state index contributed by atoms with van der Waals surface area (Å²) in [5.74, 6) is 1.15. The first kappa shape index (κ1) is 19.8. The number of hydrogen-bond donors (Lipinski definition) is 1. The lowest BCUT2D eigenvalue weighted by Gasteiger charge is -2.04. The molecule has 0 aliphatic heterocycles. The van der Waals surface area contributed by atoms with E-state index in [1.807, 2.05) is 60.0 Å². The maximum absolute atomic E-state index is 12.4. The lowest BCUT2D eigenvalue weighted by atomic mass is 10.2. The molecule has 0 saturated carbocycles. The number of rotatable bonds is 8. The van der Waals surface area contributed by atoms with Crippen molar-refractivity contribution >= 4 is 22.4 Å². The van der Waals surface area contributed by atoms with Gasteiger partial charge in [0.2, 0.25) is 11.8 Å². The van der Waals surface area contributed by atoms with Gasteiger partial charge in [0.15, 0.2) is 5.13 Å². The summed E-state index contributed by atoms with van der Waals surface area (Å²) in [6.45, 7) is 2.77. The number of carbonyl (C=O) groups excluding carboxylic acids is 1. The van der Waals surface area contributed by atoms with Gasteiger partial charge >= 0.3 is 0 Å². The van der Waals surface area contributed by atoms with Crippen molar-refractivity contribution in [3.05, 3.63) is 71.9 Å². The van der Waals surface area contributed by atoms with E-state index in [1.165, 1.54) is 17.6 Å². The molecule has 0 aliphatic rings. The molecule has 2 aromatic carbocycles. The molecule has 0 bridgehead atoms. The lowest BCUT2D eigenvalue weighted by Crippen LogP contribution is -2.14. The first-order valence-corrected chi connectivity index (χ1v) is 10.6. The van der Waals surface area contributed by atoms with Gasteiger partial charge in [-0.1, -0.05) is 25.1 Å². The molecule has 2 heterocycles. The van der Waals surface area contributed by atoms with Crippen LogP contribution in [0.1, 0.15) is 19.0 Å². The number of anilines is 1. The zero-order valence-corrected chi connectivity index (χ0v) is 17.3. The number of ether oxygens (including phenoxy) is 1. The zero-order valence-electron chi connectivity index (χ0n) is 16.5. The monoisotopic (exact) mass is 419 g/mol. The molecule has 30 heavy (non-hydrogen) atoms. The number of aromatic nitrogens is 2. The summed E-state index contributed by atoms with van der Waals surface area (Å²) in [5.41, 5.74) is 3.23. The molecule has 1 amide bonds. The fourth-order valence-electron chi connectivity index (χ4n) is 2.84. The number of amides is 1. The number of thiazole rings is 1. The van der Waals surface area contributed by atoms with Crippen LogP contribution in [0.3, 0.4) is 0 Å². The first-order chi connectivity index (χ1) is 14.7. The van der Waals surface area contributed by atoms with Crippen LogP contribution in [0.15, 0.2) is 70.7 Å². The van der Waals surface area contributed by atoms with Gasteiger partial charge in [-0.25, -0.2) is 9.97 Å². The normalized spacial score (nSPS) is 10.7. The Morgan fingerprint density at radius 1 is 1.07 bits per heavy atom. The van der Waals surface area contributed by atoms with Crippen molar-refractivity contribution in [2.75, 3.05) is 11.9 Å². The highest BCUT2D eigenvalue weighted by Crippen LogP contribution is 2.27. The van der Waals surface area contributed by atoms with Crippen LogP contribution in [0.5, 0.6) is 5.75 Å². The minimum atomic E-state index is -0.188. The number of benzene rings is 2. The maximum atomic E-state index is 12.4. The third kappa shape index (κ3) is 4.93. The van der Waals surface area contributed by atoms with Crippen LogP contribution in [0.2, 0.25) is 0 Å². The molecule has 7 heteroatoms. The summed E-state index contributed by atoms with van der Waals surface area (Å²) >= 11 is 1.39. The Bertz CT molecular complexity index is 1100. The third-order valence-electron chi connectivity index (χ3n) is 4.29. The number of nitrogens with one attached hydrogen (secondary N) is 1. The van der Waals surface area contributed by atoms with E-state index in [1.54, 1.807) is 0 Å². The molecule has 0 spiro atoms. The molecular weight excluding hydrogens is 398 g/mol. The first-order valence-electron chi connectivity index (χ1n) is 9.69. The number of oxazole rings is 1. The Kier molecular flexibility index (Phi) is 6.20. The average Bonchev–Trinajstić information content (AvgIpc) is 3.43. The molecule has 4 rings (SSSR count). The Morgan fingerprint density at radius 3 is 2.63 bits per heavy atom. The van der Waals surface area contributed by atoms with Crippen LogP contribution in [0.25, 0.3) is 22.7 Å². The van der Waals surface area contributed by atoms with Gasteiger partial charge in [0.05, 0.1) is 24.4 Å². The van der Waals surface area contributed by atoms with E-state index in [0.717, 1.165) is 29.0 Å². The predicted octanol–water partition coefficient (Wildman–Crippen LogP) is 5.44. The second-order valence-corrected chi connectivity index (χ2v) is 7.50. The molecular formula is C23H21N3O3S. The van der Waals surface area contributed by atoms with Crippen molar-refractivity contribution in [1.29, 1.82) is 0 Å². The summed E-state index contributed by atoms with van der Waals surface area (Å²) in [6.07, 6.45) is 2.60. The van der Waals surface area contributed by atoms with Crippen molar-refractivity contribution < 1.29 is 13.9 Å². The van der Waals surface area contributed by atoms with Crippen LogP contribution >= 0.6 is 11.3 Å². The van der Waals surface area contributed by atoms with Gasteiger partial charge in [-0.15, -0.1) is 11.3 Å². The maximum Gasteiger partial charge on any atom is 0.232 e. The van der Waals surface area contributed by atoms with Gasteiger partial charge < -0.3 is 14.5 Å². The van der Waals surface area contributed by atoms with Crippen LogP contribution in [-0.2, 0) is 11.2 Å². The number of carbonyl (C=O) groups is 1.